The highest BCUT2D eigenvalue weighted by atomic mass is 16.3. The molecule has 1 heterocycles. The van der Waals surface area contributed by atoms with E-state index in [-0.39, 0.29) is 12.5 Å². The molecule has 5 heteroatoms. The van der Waals surface area contributed by atoms with Crippen LogP contribution in [0.1, 0.15) is 0 Å². The van der Waals surface area contributed by atoms with Crippen molar-refractivity contribution < 1.29 is 9.90 Å². The second kappa shape index (κ2) is 7.38. The van der Waals surface area contributed by atoms with Crippen molar-refractivity contribution in [2.45, 2.75) is 0 Å². The summed E-state index contributed by atoms with van der Waals surface area (Å²) in [7, 11) is 0. The van der Waals surface area contributed by atoms with Crippen molar-refractivity contribution >= 4 is 5.91 Å². The molecule has 1 rings (SSSR count). The number of rotatable bonds is 6. The van der Waals surface area contributed by atoms with Gasteiger partial charge in [0.1, 0.15) is 0 Å². The van der Waals surface area contributed by atoms with E-state index in [0.717, 1.165) is 26.2 Å². The van der Waals surface area contributed by atoms with Gasteiger partial charge in [0.05, 0.1) is 13.2 Å². The summed E-state index contributed by atoms with van der Waals surface area (Å²) >= 11 is 0. The highest BCUT2D eigenvalue weighted by Gasteiger charge is 2.17. The lowest BCUT2D eigenvalue weighted by molar-refractivity contribution is -0.132. The van der Waals surface area contributed by atoms with Crippen molar-refractivity contribution in [1.29, 1.82) is 0 Å². The minimum absolute atomic E-state index is 0.00113. The molecule has 0 saturated carbocycles. The zero-order valence-corrected chi connectivity index (χ0v) is 9.69. The fraction of sp³-hybridized carbons (Fsp3) is 0.727. The smallest absolute Gasteiger partial charge is 0.237 e. The molecule has 2 N–H and O–H groups in total. The molecule has 0 atom stereocenters. The molecule has 92 valence electrons. The van der Waals surface area contributed by atoms with Gasteiger partial charge in [0.25, 0.3) is 0 Å². The first kappa shape index (κ1) is 13.2. The average molecular weight is 227 g/mol. The van der Waals surface area contributed by atoms with Crippen LogP contribution in [0.15, 0.2) is 12.7 Å². The Hall–Kier alpha value is -0.910. The number of aliphatic hydroxyl groups is 1. The zero-order chi connectivity index (χ0) is 11.8. The fourth-order valence-corrected chi connectivity index (χ4v) is 1.75. The van der Waals surface area contributed by atoms with Crippen LogP contribution in [0.3, 0.4) is 0 Å². The van der Waals surface area contributed by atoms with E-state index < -0.39 is 0 Å². The van der Waals surface area contributed by atoms with E-state index in [1.165, 1.54) is 0 Å². The molecule has 1 amide bonds. The van der Waals surface area contributed by atoms with Crippen LogP contribution in [0.4, 0.5) is 0 Å². The first-order valence-electron chi connectivity index (χ1n) is 5.70. The van der Waals surface area contributed by atoms with E-state index in [1.54, 1.807) is 11.0 Å². The van der Waals surface area contributed by atoms with Crippen molar-refractivity contribution in [2.24, 2.45) is 0 Å². The maximum absolute atomic E-state index is 11.9. The van der Waals surface area contributed by atoms with Gasteiger partial charge in [-0.3, -0.25) is 9.69 Å². The molecule has 0 spiro atoms. The minimum atomic E-state index is 0.00113. The van der Waals surface area contributed by atoms with E-state index in [1.807, 2.05) is 0 Å². The van der Waals surface area contributed by atoms with Crippen molar-refractivity contribution in [3.63, 3.8) is 0 Å². The van der Waals surface area contributed by atoms with Gasteiger partial charge in [-0.25, -0.2) is 0 Å². The van der Waals surface area contributed by atoms with Gasteiger partial charge >= 0.3 is 0 Å². The summed E-state index contributed by atoms with van der Waals surface area (Å²) in [4.78, 5) is 15.7. The normalized spacial score (nSPS) is 17.1. The van der Waals surface area contributed by atoms with Crippen molar-refractivity contribution in [2.75, 3.05) is 52.4 Å². The van der Waals surface area contributed by atoms with E-state index in [2.05, 4.69) is 16.8 Å². The molecule has 1 saturated heterocycles. The topological polar surface area (TPSA) is 55.8 Å². The van der Waals surface area contributed by atoms with E-state index in [0.29, 0.717) is 19.6 Å². The molecule has 1 aliphatic rings. The van der Waals surface area contributed by atoms with Crippen LogP contribution in [0.25, 0.3) is 0 Å². The number of carbonyl (C=O) groups is 1. The number of amides is 1. The number of hydrogen-bond donors (Lipinski definition) is 2. The van der Waals surface area contributed by atoms with Crippen LogP contribution in [0.5, 0.6) is 0 Å². The van der Waals surface area contributed by atoms with Gasteiger partial charge in [0.15, 0.2) is 0 Å². The summed E-state index contributed by atoms with van der Waals surface area (Å²) in [5, 5.41) is 12.1. The fourth-order valence-electron chi connectivity index (χ4n) is 1.75. The van der Waals surface area contributed by atoms with Gasteiger partial charge in [-0.1, -0.05) is 6.08 Å². The average Bonchev–Trinajstić information content (AvgIpc) is 2.30. The van der Waals surface area contributed by atoms with E-state index >= 15 is 0 Å². The Morgan fingerprint density at radius 2 is 2.19 bits per heavy atom. The summed E-state index contributed by atoms with van der Waals surface area (Å²) in [6.07, 6.45) is 1.69. The maximum Gasteiger partial charge on any atom is 0.237 e. The minimum Gasteiger partial charge on any atom is -0.395 e. The lowest BCUT2D eigenvalue weighted by Crippen LogP contribution is -2.48. The maximum atomic E-state index is 11.9. The molecule has 0 aliphatic carbocycles. The third kappa shape index (κ3) is 4.30. The number of carbonyl (C=O) groups excluding carboxylic acids is 1. The molecule has 0 aromatic carbocycles. The van der Waals surface area contributed by atoms with E-state index in [4.69, 9.17) is 5.11 Å². The van der Waals surface area contributed by atoms with Gasteiger partial charge in [-0.05, 0) is 0 Å². The molecule has 16 heavy (non-hydrogen) atoms. The number of aliphatic hydroxyl groups excluding tert-OH is 1. The summed E-state index contributed by atoms with van der Waals surface area (Å²) in [5.74, 6) is 0.0656. The highest BCUT2D eigenvalue weighted by molar-refractivity contribution is 5.78. The Balaban J connectivity index is 2.37. The molecular formula is C11H21N3O2. The van der Waals surface area contributed by atoms with E-state index in [9.17, 15) is 4.79 Å². The number of nitrogens with zero attached hydrogens (tertiary/aromatic N) is 2. The van der Waals surface area contributed by atoms with Gasteiger partial charge in [-0.2, -0.15) is 0 Å². The van der Waals surface area contributed by atoms with Crippen LogP contribution < -0.4 is 5.32 Å². The van der Waals surface area contributed by atoms with Crippen LogP contribution in [-0.2, 0) is 4.79 Å². The summed E-state index contributed by atoms with van der Waals surface area (Å²) < 4.78 is 0. The monoisotopic (exact) mass is 227 g/mol. The number of piperazine rings is 1. The van der Waals surface area contributed by atoms with Gasteiger partial charge < -0.3 is 15.3 Å². The molecule has 0 aromatic rings. The molecule has 0 radical (unpaired) electrons. The second-order valence-electron chi connectivity index (χ2n) is 3.88. The molecular weight excluding hydrogens is 206 g/mol. The molecule has 1 aliphatic heterocycles. The second-order valence-corrected chi connectivity index (χ2v) is 3.88. The van der Waals surface area contributed by atoms with Gasteiger partial charge in [-0.15, -0.1) is 6.58 Å². The van der Waals surface area contributed by atoms with Crippen molar-refractivity contribution in [3.05, 3.63) is 12.7 Å². The Bertz CT molecular complexity index is 227. The van der Waals surface area contributed by atoms with Crippen molar-refractivity contribution in [1.82, 2.24) is 15.1 Å². The third-order valence-electron chi connectivity index (χ3n) is 2.64. The lowest BCUT2D eigenvalue weighted by Gasteiger charge is -2.29. The molecule has 5 nitrogen and oxygen atoms in total. The largest absolute Gasteiger partial charge is 0.395 e. The third-order valence-corrected chi connectivity index (χ3v) is 2.64. The van der Waals surface area contributed by atoms with Crippen LogP contribution in [0.2, 0.25) is 0 Å². The summed E-state index contributed by atoms with van der Waals surface area (Å²) in [6.45, 7) is 8.64. The van der Waals surface area contributed by atoms with Gasteiger partial charge in [0, 0.05) is 39.3 Å². The quantitative estimate of drug-likeness (QED) is 0.566. The first-order chi connectivity index (χ1) is 7.77. The van der Waals surface area contributed by atoms with Crippen LogP contribution in [0, 0.1) is 0 Å². The standard InChI is InChI=1S/C11H21N3O2/c1-2-5-14(8-9-15)11(16)10-13-6-3-12-4-7-13/h2,12,15H,1,3-10H2. The Labute approximate surface area is 96.7 Å². The molecule has 1 fully saturated rings. The molecule has 0 bridgehead atoms. The first-order valence-corrected chi connectivity index (χ1v) is 5.70. The summed E-state index contributed by atoms with van der Waals surface area (Å²) in [6, 6.07) is 0. The summed E-state index contributed by atoms with van der Waals surface area (Å²) in [5.41, 5.74) is 0. The highest BCUT2D eigenvalue weighted by Crippen LogP contribution is 1.96. The number of hydrogen-bond acceptors (Lipinski definition) is 4. The Morgan fingerprint density at radius 3 is 2.75 bits per heavy atom. The predicted octanol–water partition coefficient (Wildman–Crippen LogP) is -1.10. The number of nitrogens with one attached hydrogen (secondary N) is 1. The van der Waals surface area contributed by atoms with Crippen LogP contribution in [-0.4, -0.2) is 73.2 Å². The Morgan fingerprint density at radius 1 is 1.50 bits per heavy atom. The Kier molecular flexibility index (Phi) is 6.07. The molecule has 0 unspecified atom stereocenters. The van der Waals surface area contributed by atoms with Crippen LogP contribution >= 0.6 is 0 Å². The van der Waals surface area contributed by atoms with Crippen molar-refractivity contribution in [3.8, 4) is 0 Å². The predicted molar refractivity (Wildman–Crippen MR) is 63.2 cm³/mol. The zero-order valence-electron chi connectivity index (χ0n) is 9.69. The molecule has 0 aromatic heterocycles. The SMILES string of the molecule is C=CCN(CCO)C(=O)CN1CCNCC1. The van der Waals surface area contributed by atoms with Gasteiger partial charge in [0.2, 0.25) is 5.91 Å². The lowest BCUT2D eigenvalue weighted by atomic mass is 10.3.